The van der Waals surface area contributed by atoms with Crippen LogP contribution in [0.25, 0.3) is 0 Å². The van der Waals surface area contributed by atoms with E-state index >= 15 is 0 Å². The maximum Gasteiger partial charge on any atom is 0.243 e. The third kappa shape index (κ3) is 2.05. The average Bonchev–Trinajstić information content (AvgIpc) is 3.07. The Labute approximate surface area is 107 Å². The van der Waals surface area contributed by atoms with Crippen molar-refractivity contribution >= 4 is 12.1 Å². The van der Waals surface area contributed by atoms with Gasteiger partial charge in [0.1, 0.15) is 0 Å². The van der Waals surface area contributed by atoms with Crippen LogP contribution in [0.1, 0.15) is 36.8 Å². The second-order valence-electron chi connectivity index (χ2n) is 5.62. The highest BCUT2D eigenvalue weighted by Crippen LogP contribution is 2.65. The lowest BCUT2D eigenvalue weighted by atomic mass is 9.80. The first-order chi connectivity index (χ1) is 8.70. The molecule has 1 atom stereocenters. The van der Waals surface area contributed by atoms with E-state index in [1.54, 1.807) is 6.21 Å². The van der Waals surface area contributed by atoms with Gasteiger partial charge < -0.3 is 0 Å². The molecule has 2 aliphatic carbocycles. The summed E-state index contributed by atoms with van der Waals surface area (Å²) in [6.07, 6.45) is 6.52. The molecular formula is C15H18N2O. The molecule has 3 nitrogen and oxygen atoms in total. The third-order valence-electron chi connectivity index (χ3n) is 4.32. The normalized spacial score (nSPS) is 23.9. The SMILES string of the molecule is Cc1ccc(C=NNC(=O)C2CC23CCC3)cc1. The Bertz CT molecular complexity index is 486. The molecule has 2 saturated carbocycles. The fourth-order valence-corrected chi connectivity index (χ4v) is 2.80. The van der Waals surface area contributed by atoms with Gasteiger partial charge in [0.2, 0.25) is 5.91 Å². The van der Waals surface area contributed by atoms with Crippen molar-refractivity contribution in [2.24, 2.45) is 16.4 Å². The van der Waals surface area contributed by atoms with E-state index in [4.69, 9.17) is 0 Å². The van der Waals surface area contributed by atoms with Crippen molar-refractivity contribution in [3.8, 4) is 0 Å². The van der Waals surface area contributed by atoms with Crippen molar-refractivity contribution in [3.05, 3.63) is 35.4 Å². The summed E-state index contributed by atoms with van der Waals surface area (Å²) >= 11 is 0. The van der Waals surface area contributed by atoms with Crippen LogP contribution in [0.4, 0.5) is 0 Å². The van der Waals surface area contributed by atoms with Crippen LogP contribution in [0.5, 0.6) is 0 Å². The summed E-state index contributed by atoms with van der Waals surface area (Å²) in [5.41, 5.74) is 5.27. The largest absolute Gasteiger partial charge is 0.273 e. The van der Waals surface area contributed by atoms with Crippen LogP contribution >= 0.6 is 0 Å². The first kappa shape index (κ1) is 11.5. The Balaban J connectivity index is 1.52. The highest BCUT2D eigenvalue weighted by Gasteiger charge is 2.60. The van der Waals surface area contributed by atoms with Gasteiger partial charge in [0.15, 0.2) is 0 Å². The van der Waals surface area contributed by atoms with E-state index in [0.717, 1.165) is 12.0 Å². The Kier molecular flexibility index (Phi) is 2.69. The van der Waals surface area contributed by atoms with Crippen molar-refractivity contribution in [3.63, 3.8) is 0 Å². The smallest absolute Gasteiger partial charge is 0.243 e. The summed E-state index contributed by atoms with van der Waals surface area (Å²) in [4.78, 5) is 11.8. The number of benzene rings is 1. The third-order valence-corrected chi connectivity index (χ3v) is 4.32. The van der Waals surface area contributed by atoms with Crippen molar-refractivity contribution in [2.75, 3.05) is 0 Å². The molecule has 2 aliphatic rings. The first-order valence-corrected chi connectivity index (χ1v) is 6.59. The van der Waals surface area contributed by atoms with Crippen LogP contribution in [-0.4, -0.2) is 12.1 Å². The predicted octanol–water partition coefficient (Wildman–Crippen LogP) is 2.64. The number of nitrogens with zero attached hydrogens (tertiary/aromatic N) is 1. The van der Waals surface area contributed by atoms with Gasteiger partial charge in [0, 0.05) is 5.92 Å². The summed E-state index contributed by atoms with van der Waals surface area (Å²) < 4.78 is 0. The molecule has 0 saturated heterocycles. The van der Waals surface area contributed by atoms with Gasteiger partial charge >= 0.3 is 0 Å². The van der Waals surface area contributed by atoms with Crippen LogP contribution in [0, 0.1) is 18.3 Å². The van der Waals surface area contributed by atoms with E-state index in [1.807, 2.05) is 31.2 Å². The molecule has 1 unspecified atom stereocenters. The van der Waals surface area contributed by atoms with Gasteiger partial charge in [0.25, 0.3) is 0 Å². The van der Waals surface area contributed by atoms with Crippen LogP contribution < -0.4 is 5.43 Å². The number of hydrogen-bond donors (Lipinski definition) is 1. The van der Waals surface area contributed by atoms with Crippen LogP contribution in [0.3, 0.4) is 0 Å². The summed E-state index contributed by atoms with van der Waals surface area (Å²) in [6.45, 7) is 2.05. The average molecular weight is 242 g/mol. The molecule has 1 aromatic carbocycles. The molecule has 2 fully saturated rings. The van der Waals surface area contributed by atoms with Gasteiger partial charge in [-0.25, -0.2) is 5.43 Å². The maximum atomic E-state index is 11.8. The highest BCUT2D eigenvalue weighted by molar-refractivity contribution is 5.85. The number of aryl methyl sites for hydroxylation is 1. The first-order valence-electron chi connectivity index (χ1n) is 6.59. The Morgan fingerprint density at radius 1 is 1.39 bits per heavy atom. The topological polar surface area (TPSA) is 41.5 Å². The highest BCUT2D eigenvalue weighted by atomic mass is 16.2. The molecule has 3 rings (SSSR count). The van der Waals surface area contributed by atoms with Crippen molar-refractivity contribution < 1.29 is 4.79 Å². The number of nitrogens with one attached hydrogen (secondary N) is 1. The lowest BCUT2D eigenvalue weighted by Gasteiger charge is -2.25. The van der Waals surface area contributed by atoms with Crippen LogP contribution in [-0.2, 0) is 4.79 Å². The minimum atomic E-state index is 0.0954. The molecule has 1 spiro atoms. The zero-order valence-corrected chi connectivity index (χ0v) is 10.6. The molecule has 1 N–H and O–H groups in total. The van der Waals surface area contributed by atoms with Gasteiger partial charge in [-0.2, -0.15) is 5.10 Å². The van der Waals surface area contributed by atoms with Crippen LogP contribution in [0.2, 0.25) is 0 Å². The zero-order valence-electron chi connectivity index (χ0n) is 10.6. The predicted molar refractivity (Wildman–Crippen MR) is 71.3 cm³/mol. The molecule has 0 aliphatic heterocycles. The fourth-order valence-electron chi connectivity index (χ4n) is 2.80. The number of hydrazone groups is 1. The molecular weight excluding hydrogens is 224 g/mol. The number of carbonyl (C=O) groups excluding carboxylic acids is 1. The molecule has 0 aromatic heterocycles. The van der Waals surface area contributed by atoms with Gasteiger partial charge in [-0.1, -0.05) is 36.2 Å². The Hall–Kier alpha value is -1.64. The maximum absolute atomic E-state index is 11.8. The van der Waals surface area contributed by atoms with E-state index in [9.17, 15) is 4.79 Å². The van der Waals surface area contributed by atoms with E-state index in [-0.39, 0.29) is 11.8 Å². The summed E-state index contributed by atoms with van der Waals surface area (Å²) in [5.74, 6) is 0.319. The lowest BCUT2D eigenvalue weighted by molar-refractivity contribution is -0.123. The monoisotopic (exact) mass is 242 g/mol. The number of amides is 1. The van der Waals surface area contributed by atoms with Gasteiger partial charge in [-0.05, 0) is 37.2 Å². The minimum Gasteiger partial charge on any atom is -0.273 e. The summed E-state index contributed by atoms with van der Waals surface area (Å²) in [5, 5.41) is 4.03. The van der Waals surface area contributed by atoms with Gasteiger partial charge in [-0.3, -0.25) is 4.79 Å². The molecule has 1 amide bonds. The number of carbonyl (C=O) groups is 1. The van der Waals surface area contributed by atoms with E-state index in [0.29, 0.717) is 5.41 Å². The zero-order chi connectivity index (χ0) is 12.6. The standard InChI is InChI=1S/C15H18N2O/c1-11-3-5-12(6-4-11)10-16-17-14(18)13-9-15(13)7-2-8-15/h3-6,10,13H,2,7-9H2,1H3,(H,17,18). The van der Waals surface area contributed by atoms with Crippen molar-refractivity contribution in [1.82, 2.24) is 5.43 Å². The van der Waals surface area contributed by atoms with E-state index in [2.05, 4.69) is 10.5 Å². The molecule has 94 valence electrons. The van der Waals surface area contributed by atoms with Gasteiger partial charge in [-0.15, -0.1) is 0 Å². The molecule has 0 heterocycles. The quantitative estimate of drug-likeness (QED) is 0.642. The van der Waals surface area contributed by atoms with Gasteiger partial charge in [0.05, 0.1) is 6.21 Å². The van der Waals surface area contributed by atoms with Crippen molar-refractivity contribution in [1.29, 1.82) is 0 Å². The summed E-state index contributed by atoms with van der Waals surface area (Å²) in [7, 11) is 0. The number of hydrogen-bond acceptors (Lipinski definition) is 2. The molecule has 1 aromatic rings. The lowest BCUT2D eigenvalue weighted by Crippen LogP contribution is -2.26. The molecule has 18 heavy (non-hydrogen) atoms. The van der Waals surface area contributed by atoms with Crippen LogP contribution in [0.15, 0.2) is 29.4 Å². The molecule has 0 radical (unpaired) electrons. The minimum absolute atomic E-state index is 0.0954. The number of rotatable bonds is 3. The molecule has 3 heteroatoms. The van der Waals surface area contributed by atoms with Crippen molar-refractivity contribution in [2.45, 2.75) is 32.6 Å². The van der Waals surface area contributed by atoms with E-state index in [1.165, 1.54) is 24.8 Å². The Morgan fingerprint density at radius 3 is 2.67 bits per heavy atom. The van der Waals surface area contributed by atoms with E-state index < -0.39 is 0 Å². The Morgan fingerprint density at radius 2 is 2.11 bits per heavy atom. The fraction of sp³-hybridized carbons (Fsp3) is 0.467. The second-order valence-corrected chi connectivity index (χ2v) is 5.62. The molecule has 0 bridgehead atoms. The summed E-state index contributed by atoms with van der Waals surface area (Å²) in [6, 6.07) is 8.06. The second kappa shape index (κ2) is 4.23.